The van der Waals surface area contributed by atoms with Gasteiger partial charge in [0.2, 0.25) is 0 Å². The van der Waals surface area contributed by atoms with Crippen molar-refractivity contribution < 1.29 is 9.47 Å². The van der Waals surface area contributed by atoms with Crippen molar-refractivity contribution in [3.63, 3.8) is 0 Å². The second kappa shape index (κ2) is 8.82. The summed E-state index contributed by atoms with van der Waals surface area (Å²) in [6.07, 6.45) is 0. The molecule has 0 spiro atoms. The minimum Gasteiger partial charge on any atom is -0.494 e. The van der Waals surface area contributed by atoms with Crippen molar-refractivity contribution in [3.8, 4) is 5.75 Å². The third kappa shape index (κ3) is 5.80. The molecule has 1 rings (SSSR count). The molecule has 0 bridgehead atoms. The maximum atomic E-state index is 5.90. The smallest absolute Gasteiger partial charge is 0.123 e. The number of benzene rings is 1. The van der Waals surface area contributed by atoms with Gasteiger partial charge in [-0.05, 0) is 31.0 Å². The summed E-state index contributed by atoms with van der Waals surface area (Å²) in [4.78, 5) is 2.38. The SMILES string of the molecule is CCOc1ccc(N)cc1CN(CCOC)CC(C)C. The molecular formula is C16H28N2O2. The minimum atomic E-state index is 0.614. The number of nitrogens with zero attached hydrogens (tertiary/aromatic N) is 1. The fraction of sp³-hybridized carbons (Fsp3) is 0.625. The van der Waals surface area contributed by atoms with Crippen molar-refractivity contribution in [2.45, 2.75) is 27.3 Å². The van der Waals surface area contributed by atoms with Crippen molar-refractivity contribution in [2.75, 3.05) is 39.1 Å². The summed E-state index contributed by atoms with van der Waals surface area (Å²) in [5.74, 6) is 1.54. The standard InChI is InChI=1S/C16H28N2O2/c1-5-20-16-7-6-15(17)10-14(16)12-18(8-9-19-4)11-13(2)3/h6-7,10,13H,5,8-9,11-12,17H2,1-4H3. The summed E-state index contributed by atoms with van der Waals surface area (Å²) < 4.78 is 10.9. The van der Waals surface area contributed by atoms with Crippen molar-refractivity contribution in [1.29, 1.82) is 0 Å². The Bertz CT molecular complexity index is 394. The normalized spacial score (nSPS) is 11.3. The van der Waals surface area contributed by atoms with Gasteiger partial charge in [-0.1, -0.05) is 13.8 Å². The molecule has 0 aliphatic carbocycles. The number of nitrogens with two attached hydrogens (primary N) is 1. The molecule has 20 heavy (non-hydrogen) atoms. The summed E-state index contributed by atoms with van der Waals surface area (Å²) in [5.41, 5.74) is 7.82. The van der Waals surface area contributed by atoms with Crippen LogP contribution in [0.25, 0.3) is 0 Å². The molecule has 1 aromatic rings. The lowest BCUT2D eigenvalue weighted by atomic mass is 10.1. The highest BCUT2D eigenvalue weighted by Crippen LogP contribution is 2.23. The highest BCUT2D eigenvalue weighted by molar-refractivity contribution is 5.47. The van der Waals surface area contributed by atoms with E-state index in [0.717, 1.165) is 43.2 Å². The van der Waals surface area contributed by atoms with Crippen LogP contribution in [0.15, 0.2) is 18.2 Å². The highest BCUT2D eigenvalue weighted by atomic mass is 16.5. The first-order valence-corrected chi connectivity index (χ1v) is 7.29. The molecule has 4 heteroatoms. The van der Waals surface area contributed by atoms with Gasteiger partial charge in [-0.3, -0.25) is 4.90 Å². The van der Waals surface area contributed by atoms with Crippen LogP contribution in [0.3, 0.4) is 0 Å². The van der Waals surface area contributed by atoms with Crippen LogP contribution < -0.4 is 10.5 Å². The largest absolute Gasteiger partial charge is 0.494 e. The molecule has 0 aromatic heterocycles. The van der Waals surface area contributed by atoms with E-state index in [1.54, 1.807) is 7.11 Å². The maximum Gasteiger partial charge on any atom is 0.123 e. The van der Waals surface area contributed by atoms with E-state index in [0.29, 0.717) is 12.5 Å². The van der Waals surface area contributed by atoms with Crippen LogP contribution in [0, 0.1) is 5.92 Å². The summed E-state index contributed by atoms with van der Waals surface area (Å²) in [6.45, 7) is 10.6. The Morgan fingerprint density at radius 3 is 2.65 bits per heavy atom. The lowest BCUT2D eigenvalue weighted by molar-refractivity contribution is 0.135. The van der Waals surface area contributed by atoms with Gasteiger partial charge in [0, 0.05) is 38.0 Å². The summed E-state index contributed by atoms with van der Waals surface area (Å²) in [5, 5.41) is 0. The fourth-order valence-corrected chi connectivity index (χ4v) is 2.23. The van der Waals surface area contributed by atoms with Crippen LogP contribution in [0.5, 0.6) is 5.75 Å². The molecule has 0 saturated carbocycles. The Morgan fingerprint density at radius 1 is 1.30 bits per heavy atom. The zero-order valence-electron chi connectivity index (χ0n) is 13.2. The van der Waals surface area contributed by atoms with Crippen LogP contribution in [0.4, 0.5) is 5.69 Å². The van der Waals surface area contributed by atoms with Crippen LogP contribution in [-0.2, 0) is 11.3 Å². The molecule has 0 amide bonds. The highest BCUT2D eigenvalue weighted by Gasteiger charge is 2.12. The average molecular weight is 280 g/mol. The molecule has 0 aliphatic heterocycles. The van der Waals surface area contributed by atoms with E-state index in [4.69, 9.17) is 15.2 Å². The lowest BCUT2D eigenvalue weighted by Crippen LogP contribution is -2.30. The molecule has 0 radical (unpaired) electrons. The van der Waals surface area contributed by atoms with E-state index in [-0.39, 0.29) is 0 Å². The van der Waals surface area contributed by atoms with Gasteiger partial charge in [-0.2, -0.15) is 0 Å². The van der Waals surface area contributed by atoms with E-state index >= 15 is 0 Å². The first-order valence-electron chi connectivity index (χ1n) is 7.29. The third-order valence-corrected chi connectivity index (χ3v) is 3.01. The Balaban J connectivity index is 2.81. The zero-order valence-corrected chi connectivity index (χ0v) is 13.2. The van der Waals surface area contributed by atoms with Crippen LogP contribution in [0.1, 0.15) is 26.3 Å². The van der Waals surface area contributed by atoms with Crippen LogP contribution >= 0.6 is 0 Å². The molecule has 0 aliphatic rings. The molecule has 0 atom stereocenters. The molecule has 1 aromatic carbocycles. The monoisotopic (exact) mass is 280 g/mol. The van der Waals surface area contributed by atoms with E-state index in [1.807, 2.05) is 25.1 Å². The molecule has 0 fully saturated rings. The summed E-state index contributed by atoms with van der Waals surface area (Å²) in [7, 11) is 1.74. The third-order valence-electron chi connectivity index (χ3n) is 3.01. The van der Waals surface area contributed by atoms with Crippen molar-refractivity contribution >= 4 is 5.69 Å². The fourth-order valence-electron chi connectivity index (χ4n) is 2.23. The number of rotatable bonds is 9. The number of methoxy groups -OCH3 is 1. The molecule has 2 N–H and O–H groups in total. The number of hydrogen-bond acceptors (Lipinski definition) is 4. The Morgan fingerprint density at radius 2 is 2.05 bits per heavy atom. The van der Waals surface area contributed by atoms with Gasteiger partial charge in [0.05, 0.1) is 13.2 Å². The van der Waals surface area contributed by atoms with Gasteiger partial charge in [-0.15, -0.1) is 0 Å². The number of hydrogen-bond donors (Lipinski definition) is 1. The second-order valence-corrected chi connectivity index (χ2v) is 5.42. The van der Waals surface area contributed by atoms with E-state index in [9.17, 15) is 0 Å². The first-order chi connectivity index (χ1) is 9.56. The van der Waals surface area contributed by atoms with Crippen molar-refractivity contribution in [1.82, 2.24) is 4.90 Å². The van der Waals surface area contributed by atoms with Gasteiger partial charge >= 0.3 is 0 Å². The topological polar surface area (TPSA) is 47.7 Å². The Kier molecular flexibility index (Phi) is 7.41. The molecular weight excluding hydrogens is 252 g/mol. The quantitative estimate of drug-likeness (QED) is 0.707. The predicted molar refractivity (Wildman–Crippen MR) is 84.0 cm³/mol. The molecule has 4 nitrogen and oxygen atoms in total. The zero-order chi connectivity index (χ0) is 15.0. The first kappa shape index (κ1) is 16.8. The molecule has 114 valence electrons. The summed E-state index contributed by atoms with van der Waals surface area (Å²) in [6, 6.07) is 5.85. The second-order valence-electron chi connectivity index (χ2n) is 5.42. The van der Waals surface area contributed by atoms with Crippen LogP contribution in [-0.4, -0.2) is 38.3 Å². The van der Waals surface area contributed by atoms with Crippen LogP contribution in [0.2, 0.25) is 0 Å². The number of anilines is 1. The van der Waals surface area contributed by atoms with E-state index in [1.165, 1.54) is 0 Å². The number of nitrogen functional groups attached to an aromatic ring is 1. The van der Waals surface area contributed by atoms with Crippen molar-refractivity contribution in [2.24, 2.45) is 5.92 Å². The van der Waals surface area contributed by atoms with Gasteiger partial charge in [-0.25, -0.2) is 0 Å². The Labute approximate surface area is 122 Å². The number of ether oxygens (including phenoxy) is 2. The molecule has 0 heterocycles. The Hall–Kier alpha value is -1.26. The lowest BCUT2D eigenvalue weighted by Gasteiger charge is -2.25. The van der Waals surface area contributed by atoms with E-state index in [2.05, 4.69) is 18.7 Å². The molecule has 0 saturated heterocycles. The minimum absolute atomic E-state index is 0.614. The van der Waals surface area contributed by atoms with Gasteiger partial charge in [0.15, 0.2) is 0 Å². The average Bonchev–Trinajstić information content (AvgIpc) is 2.38. The maximum absolute atomic E-state index is 5.90. The molecule has 0 unspecified atom stereocenters. The van der Waals surface area contributed by atoms with Gasteiger partial charge < -0.3 is 15.2 Å². The van der Waals surface area contributed by atoms with Gasteiger partial charge in [0.1, 0.15) is 5.75 Å². The predicted octanol–water partition coefficient (Wildman–Crippen LogP) is 2.77. The summed E-state index contributed by atoms with van der Waals surface area (Å²) >= 11 is 0. The van der Waals surface area contributed by atoms with E-state index < -0.39 is 0 Å². The van der Waals surface area contributed by atoms with Crippen molar-refractivity contribution in [3.05, 3.63) is 23.8 Å². The van der Waals surface area contributed by atoms with Gasteiger partial charge in [0.25, 0.3) is 0 Å².